The number of nitrogens with one attached hydrogen (secondary N) is 1. The molecule has 0 saturated carbocycles. The van der Waals surface area contributed by atoms with Crippen molar-refractivity contribution < 1.29 is 33.3 Å². The molecule has 1 aromatic heterocycles. The number of aromatic nitrogens is 2. The molecule has 3 N–H and O–H groups in total. The summed E-state index contributed by atoms with van der Waals surface area (Å²) in [4.78, 5) is 34.7. The Morgan fingerprint density at radius 3 is 2.68 bits per heavy atom. The first-order valence-electron chi connectivity index (χ1n) is 10.6. The van der Waals surface area contributed by atoms with Crippen molar-refractivity contribution in [2.45, 2.75) is 18.6 Å². The third-order valence-corrected chi connectivity index (χ3v) is 5.59. The number of cyclic esters (lactones) is 1. The molecule has 3 heterocycles. The standard InChI is InChI=1S/C22H23F2N5O5/c23-16-7-14(29-11-15(34-22(29)33)9-27-19-10-25-3-4-26-19)8-17(24)20(16)13-1-5-28(6-2-13)21(32)18(31)12-30/h1,3-4,7-8,10,15,18,30-31H,2,5-6,9,11-12H2,(H,26,27)/t15-,18-/m0/s1. The number of halogens is 2. The number of rotatable bonds is 7. The van der Waals surface area contributed by atoms with Crippen molar-refractivity contribution >= 4 is 29.1 Å². The highest BCUT2D eigenvalue weighted by molar-refractivity contribution is 5.90. The highest BCUT2D eigenvalue weighted by atomic mass is 19.1. The molecule has 10 nitrogen and oxygen atoms in total. The molecule has 2 amide bonds. The van der Waals surface area contributed by atoms with E-state index in [2.05, 4.69) is 15.3 Å². The molecule has 180 valence electrons. The van der Waals surface area contributed by atoms with Crippen LogP contribution in [0.25, 0.3) is 5.57 Å². The van der Waals surface area contributed by atoms with Gasteiger partial charge in [0.05, 0.1) is 31.6 Å². The van der Waals surface area contributed by atoms with Gasteiger partial charge in [0, 0.05) is 31.0 Å². The first-order valence-corrected chi connectivity index (χ1v) is 10.6. The fourth-order valence-electron chi connectivity index (χ4n) is 3.86. The molecule has 0 radical (unpaired) electrons. The van der Waals surface area contributed by atoms with E-state index in [0.29, 0.717) is 11.4 Å². The molecule has 0 unspecified atom stereocenters. The van der Waals surface area contributed by atoms with Crippen molar-refractivity contribution in [1.82, 2.24) is 14.9 Å². The third kappa shape index (κ3) is 4.97. The molecule has 0 bridgehead atoms. The van der Waals surface area contributed by atoms with Gasteiger partial charge in [-0.3, -0.25) is 14.7 Å². The second kappa shape index (κ2) is 10.1. The number of hydrogen-bond donors (Lipinski definition) is 3. The molecule has 2 aliphatic heterocycles. The lowest BCUT2D eigenvalue weighted by Crippen LogP contribution is -2.42. The predicted molar refractivity (Wildman–Crippen MR) is 117 cm³/mol. The molecule has 0 spiro atoms. The number of aliphatic hydroxyl groups excluding tert-OH is 2. The molecule has 1 aromatic carbocycles. The Hall–Kier alpha value is -3.64. The third-order valence-electron chi connectivity index (χ3n) is 5.59. The molecule has 2 aliphatic rings. The molecule has 4 rings (SSSR count). The number of anilines is 2. The number of carbonyl (C=O) groups excluding carboxylic acids is 2. The quantitative estimate of drug-likeness (QED) is 0.544. The van der Waals surface area contributed by atoms with E-state index in [4.69, 9.17) is 9.84 Å². The number of nitrogens with zero attached hydrogens (tertiary/aromatic N) is 4. The topological polar surface area (TPSA) is 128 Å². The molecule has 34 heavy (non-hydrogen) atoms. The van der Waals surface area contributed by atoms with Gasteiger partial charge in [0.25, 0.3) is 5.91 Å². The summed E-state index contributed by atoms with van der Waals surface area (Å²) in [5, 5.41) is 21.4. The number of carbonyl (C=O) groups is 2. The Balaban J connectivity index is 1.44. The largest absolute Gasteiger partial charge is 0.442 e. The molecule has 2 atom stereocenters. The highest BCUT2D eigenvalue weighted by Crippen LogP contribution is 2.32. The zero-order chi connectivity index (χ0) is 24.2. The van der Waals surface area contributed by atoms with Gasteiger partial charge in [0.2, 0.25) is 0 Å². The Kier molecular flexibility index (Phi) is 6.98. The Labute approximate surface area is 193 Å². The molecular formula is C22H23F2N5O5. The van der Waals surface area contributed by atoms with Gasteiger partial charge in [-0.05, 0) is 24.1 Å². The lowest BCUT2D eigenvalue weighted by molar-refractivity contribution is -0.141. The normalized spacial score (nSPS) is 19.0. The van der Waals surface area contributed by atoms with Crippen molar-refractivity contribution in [2.75, 3.05) is 43.0 Å². The smallest absolute Gasteiger partial charge is 0.414 e. The van der Waals surface area contributed by atoms with Gasteiger partial charge in [0.1, 0.15) is 23.6 Å². The summed E-state index contributed by atoms with van der Waals surface area (Å²) >= 11 is 0. The molecule has 0 aliphatic carbocycles. The molecule has 12 heteroatoms. The van der Waals surface area contributed by atoms with Gasteiger partial charge in [0.15, 0.2) is 6.10 Å². The number of amides is 2. The van der Waals surface area contributed by atoms with Crippen molar-refractivity contribution in [1.29, 1.82) is 0 Å². The van der Waals surface area contributed by atoms with Gasteiger partial charge >= 0.3 is 6.09 Å². The summed E-state index contributed by atoms with van der Waals surface area (Å²) < 4.78 is 35.2. The second-order valence-electron chi connectivity index (χ2n) is 7.83. The van der Waals surface area contributed by atoms with E-state index < -0.39 is 42.4 Å². The molecule has 1 saturated heterocycles. The van der Waals surface area contributed by atoms with Gasteiger partial charge in [-0.15, -0.1) is 0 Å². The van der Waals surface area contributed by atoms with Crippen molar-refractivity contribution in [2.24, 2.45) is 0 Å². The molecular weight excluding hydrogens is 452 g/mol. The van der Waals surface area contributed by atoms with Crippen LogP contribution in [0.2, 0.25) is 0 Å². The average molecular weight is 475 g/mol. The van der Waals surface area contributed by atoms with Crippen LogP contribution in [0.3, 0.4) is 0 Å². The lowest BCUT2D eigenvalue weighted by atomic mass is 9.97. The van der Waals surface area contributed by atoms with E-state index >= 15 is 0 Å². The van der Waals surface area contributed by atoms with Gasteiger partial charge in [-0.25, -0.2) is 18.6 Å². The summed E-state index contributed by atoms with van der Waals surface area (Å²) in [6.45, 7) is -0.173. The summed E-state index contributed by atoms with van der Waals surface area (Å²) in [5.74, 6) is -1.83. The molecule has 1 fully saturated rings. The maximum atomic E-state index is 14.9. The van der Waals surface area contributed by atoms with E-state index in [-0.39, 0.29) is 43.9 Å². The van der Waals surface area contributed by atoms with Gasteiger partial charge in [-0.1, -0.05) is 6.08 Å². The second-order valence-corrected chi connectivity index (χ2v) is 7.83. The van der Waals surface area contributed by atoms with E-state index in [9.17, 15) is 23.5 Å². The first-order chi connectivity index (χ1) is 16.4. The number of hydrogen-bond acceptors (Lipinski definition) is 8. The zero-order valence-corrected chi connectivity index (χ0v) is 18.0. The van der Waals surface area contributed by atoms with E-state index in [1.807, 2.05) is 0 Å². The van der Waals surface area contributed by atoms with Gasteiger partial charge < -0.3 is 25.2 Å². The fourth-order valence-corrected chi connectivity index (χ4v) is 3.86. The average Bonchev–Trinajstić information content (AvgIpc) is 3.23. The Morgan fingerprint density at radius 1 is 1.29 bits per heavy atom. The van der Waals surface area contributed by atoms with Crippen molar-refractivity contribution in [3.63, 3.8) is 0 Å². The number of benzene rings is 1. The minimum Gasteiger partial charge on any atom is -0.442 e. The zero-order valence-electron chi connectivity index (χ0n) is 18.0. The van der Waals surface area contributed by atoms with Crippen LogP contribution in [0.1, 0.15) is 12.0 Å². The Morgan fingerprint density at radius 2 is 2.06 bits per heavy atom. The number of aliphatic hydroxyl groups is 2. The monoisotopic (exact) mass is 475 g/mol. The SMILES string of the molecule is O=C([C@@H](O)CO)N1CC=C(c2c(F)cc(N3C[C@H](CNc4cnccn4)OC3=O)cc2F)CC1. The van der Waals surface area contributed by atoms with E-state index in [1.165, 1.54) is 29.6 Å². The van der Waals surface area contributed by atoms with Crippen LogP contribution in [0.4, 0.5) is 25.1 Å². The molecule has 2 aromatic rings. The highest BCUT2D eigenvalue weighted by Gasteiger charge is 2.34. The summed E-state index contributed by atoms with van der Waals surface area (Å²) in [6.07, 6.45) is 3.42. The van der Waals surface area contributed by atoms with Gasteiger partial charge in [-0.2, -0.15) is 0 Å². The lowest BCUT2D eigenvalue weighted by Gasteiger charge is -2.28. The van der Waals surface area contributed by atoms with Crippen LogP contribution in [0.5, 0.6) is 0 Å². The van der Waals surface area contributed by atoms with Crippen LogP contribution in [0.15, 0.2) is 36.8 Å². The first kappa shape index (κ1) is 23.5. The Bertz CT molecular complexity index is 1080. The minimum absolute atomic E-state index is 0.0324. The summed E-state index contributed by atoms with van der Waals surface area (Å²) in [5.41, 5.74) is 0.177. The fraction of sp³-hybridized carbons (Fsp3) is 0.364. The van der Waals surface area contributed by atoms with Crippen LogP contribution < -0.4 is 10.2 Å². The van der Waals surface area contributed by atoms with E-state index in [1.54, 1.807) is 0 Å². The van der Waals surface area contributed by atoms with Crippen molar-refractivity contribution in [3.8, 4) is 0 Å². The van der Waals surface area contributed by atoms with E-state index in [0.717, 1.165) is 17.0 Å². The van der Waals surface area contributed by atoms with Crippen LogP contribution in [-0.2, 0) is 9.53 Å². The summed E-state index contributed by atoms with van der Waals surface area (Å²) in [6, 6.07) is 2.15. The predicted octanol–water partition coefficient (Wildman–Crippen LogP) is 1.16. The van der Waals surface area contributed by atoms with Crippen molar-refractivity contribution in [3.05, 3.63) is 54.0 Å². The maximum absolute atomic E-state index is 14.9. The number of ether oxygens (including phenoxy) is 1. The van der Waals surface area contributed by atoms with Crippen LogP contribution in [-0.4, -0.2) is 82.1 Å². The van der Waals surface area contributed by atoms with Crippen LogP contribution in [0, 0.1) is 11.6 Å². The minimum atomic E-state index is -1.53. The maximum Gasteiger partial charge on any atom is 0.414 e. The van der Waals surface area contributed by atoms with Crippen LogP contribution >= 0.6 is 0 Å². The summed E-state index contributed by atoms with van der Waals surface area (Å²) in [7, 11) is 0.